The average molecular weight is 390 g/mol. The molecular weight excluding hydrogens is 368 g/mol. The molecule has 0 spiro atoms. The Morgan fingerprint density at radius 3 is 2.68 bits per heavy atom. The van der Waals surface area contributed by atoms with Gasteiger partial charge in [-0.05, 0) is 18.1 Å². The Balaban J connectivity index is 1.78. The molecule has 1 aromatic heterocycles. The number of nitrogens with two attached hydrogens (primary N) is 2. The van der Waals surface area contributed by atoms with E-state index in [0.717, 1.165) is 10.1 Å². The number of anilines is 1. The number of benzene rings is 1. The third kappa shape index (κ3) is 4.20. The van der Waals surface area contributed by atoms with Gasteiger partial charge < -0.3 is 31.2 Å². The molecule has 0 aliphatic carbocycles. The number of aliphatic hydroxyl groups is 2. The van der Waals surface area contributed by atoms with Gasteiger partial charge in [-0.2, -0.15) is 4.98 Å². The summed E-state index contributed by atoms with van der Waals surface area (Å²) in [6, 6.07) is 9.52. The first-order valence-electron chi connectivity index (χ1n) is 8.69. The lowest BCUT2D eigenvalue weighted by molar-refractivity contribution is -0.160. The molecule has 10 nitrogen and oxygen atoms in total. The molecule has 0 bridgehead atoms. The van der Waals surface area contributed by atoms with E-state index in [1.54, 1.807) is 0 Å². The van der Waals surface area contributed by atoms with Gasteiger partial charge in [0.05, 0.1) is 6.61 Å². The van der Waals surface area contributed by atoms with Crippen molar-refractivity contribution in [3.8, 4) is 0 Å². The van der Waals surface area contributed by atoms with Crippen molar-refractivity contribution in [1.82, 2.24) is 9.55 Å². The number of ether oxygens (including phenoxy) is 2. The molecule has 1 aliphatic heterocycles. The first-order chi connectivity index (χ1) is 13.4. The third-order valence-corrected chi connectivity index (χ3v) is 4.47. The van der Waals surface area contributed by atoms with Crippen molar-refractivity contribution in [2.75, 3.05) is 12.3 Å². The molecule has 0 unspecified atom stereocenters. The SMILES string of the molecule is Nc1ccn([C@@H]2O[C@H](CO)[C@@H](O)[C@H]2OC(=O)[C@@H](N)Cc2ccccc2)c(=O)n1. The van der Waals surface area contributed by atoms with Crippen LogP contribution in [0.15, 0.2) is 47.4 Å². The lowest BCUT2D eigenvalue weighted by Gasteiger charge is -2.23. The number of nitrogen functional groups attached to an aromatic ring is 1. The summed E-state index contributed by atoms with van der Waals surface area (Å²) in [4.78, 5) is 28.2. The molecule has 6 N–H and O–H groups in total. The largest absolute Gasteiger partial charge is 0.453 e. The number of nitrogens with zero attached hydrogens (tertiary/aromatic N) is 2. The van der Waals surface area contributed by atoms with Gasteiger partial charge >= 0.3 is 11.7 Å². The Morgan fingerprint density at radius 1 is 1.32 bits per heavy atom. The van der Waals surface area contributed by atoms with E-state index >= 15 is 0 Å². The quantitative estimate of drug-likeness (QED) is 0.432. The lowest BCUT2D eigenvalue weighted by Crippen LogP contribution is -2.43. The summed E-state index contributed by atoms with van der Waals surface area (Å²) >= 11 is 0. The van der Waals surface area contributed by atoms with Crippen LogP contribution in [0.4, 0.5) is 5.82 Å². The number of carbonyl (C=O) groups is 1. The summed E-state index contributed by atoms with van der Waals surface area (Å²) in [5.41, 5.74) is 11.5. The molecule has 2 aromatic rings. The molecule has 1 saturated heterocycles. The molecule has 0 saturated carbocycles. The fourth-order valence-electron chi connectivity index (χ4n) is 3.01. The summed E-state index contributed by atoms with van der Waals surface area (Å²) in [6.07, 6.45) is -3.28. The van der Waals surface area contributed by atoms with Gasteiger partial charge in [0, 0.05) is 6.20 Å². The molecule has 10 heteroatoms. The zero-order chi connectivity index (χ0) is 20.3. The molecule has 2 heterocycles. The van der Waals surface area contributed by atoms with E-state index in [4.69, 9.17) is 20.9 Å². The van der Waals surface area contributed by atoms with Gasteiger partial charge in [-0.15, -0.1) is 0 Å². The normalized spacial score (nSPS) is 25.4. The number of aromatic nitrogens is 2. The molecule has 1 fully saturated rings. The van der Waals surface area contributed by atoms with E-state index < -0.39 is 48.8 Å². The lowest BCUT2D eigenvalue weighted by atomic mass is 10.1. The summed E-state index contributed by atoms with van der Waals surface area (Å²) in [5.74, 6) is -0.756. The fraction of sp³-hybridized carbons (Fsp3) is 0.389. The van der Waals surface area contributed by atoms with Crippen LogP contribution in [0, 0.1) is 0 Å². The molecular formula is C18H22N4O6. The standard InChI is InChI=1S/C18H22N4O6/c19-11(8-10-4-2-1-3-5-10)17(25)28-15-14(24)12(9-23)27-16(15)22-7-6-13(20)21-18(22)26/h1-7,11-12,14-16,23-24H,8-9,19H2,(H2,20,21,26)/t11-,12+,14+,15+,16+/m0/s1. The van der Waals surface area contributed by atoms with Gasteiger partial charge in [0.25, 0.3) is 0 Å². The molecule has 0 radical (unpaired) electrons. The first kappa shape index (κ1) is 20.0. The Labute approximate surface area is 160 Å². The van der Waals surface area contributed by atoms with Crippen LogP contribution in [0.3, 0.4) is 0 Å². The number of hydrogen-bond donors (Lipinski definition) is 4. The third-order valence-electron chi connectivity index (χ3n) is 4.47. The smallest absolute Gasteiger partial charge is 0.351 e. The van der Waals surface area contributed by atoms with Crippen LogP contribution < -0.4 is 17.2 Å². The highest BCUT2D eigenvalue weighted by molar-refractivity contribution is 5.76. The topological polar surface area (TPSA) is 163 Å². The molecule has 0 amide bonds. The van der Waals surface area contributed by atoms with Crippen LogP contribution in [-0.4, -0.2) is 56.7 Å². The van der Waals surface area contributed by atoms with E-state index in [9.17, 15) is 19.8 Å². The summed E-state index contributed by atoms with van der Waals surface area (Å²) in [5, 5.41) is 19.8. The minimum absolute atomic E-state index is 0.0110. The first-order valence-corrected chi connectivity index (χ1v) is 8.69. The molecule has 3 rings (SSSR count). The number of esters is 1. The minimum atomic E-state index is -1.35. The van der Waals surface area contributed by atoms with Crippen molar-refractivity contribution in [3.05, 3.63) is 58.6 Å². The maximum atomic E-state index is 12.5. The van der Waals surface area contributed by atoms with Crippen molar-refractivity contribution in [1.29, 1.82) is 0 Å². The van der Waals surface area contributed by atoms with Crippen LogP contribution in [0.25, 0.3) is 0 Å². The zero-order valence-corrected chi connectivity index (χ0v) is 14.9. The molecule has 1 aromatic carbocycles. The highest BCUT2D eigenvalue weighted by Crippen LogP contribution is 2.31. The van der Waals surface area contributed by atoms with Gasteiger partial charge in [0.15, 0.2) is 12.3 Å². The second-order valence-corrected chi connectivity index (χ2v) is 6.48. The molecule has 5 atom stereocenters. The van der Waals surface area contributed by atoms with Gasteiger partial charge in [0.2, 0.25) is 0 Å². The van der Waals surface area contributed by atoms with E-state index in [1.165, 1.54) is 12.3 Å². The molecule has 150 valence electrons. The second-order valence-electron chi connectivity index (χ2n) is 6.48. The Bertz CT molecular complexity index is 874. The summed E-state index contributed by atoms with van der Waals surface area (Å²) < 4.78 is 11.9. The van der Waals surface area contributed by atoms with Crippen LogP contribution >= 0.6 is 0 Å². The number of aliphatic hydroxyl groups excluding tert-OH is 2. The van der Waals surface area contributed by atoms with Crippen molar-refractivity contribution in [3.63, 3.8) is 0 Å². The van der Waals surface area contributed by atoms with Gasteiger partial charge in [-0.25, -0.2) is 4.79 Å². The predicted molar refractivity (Wildman–Crippen MR) is 97.9 cm³/mol. The highest BCUT2D eigenvalue weighted by Gasteiger charge is 2.47. The van der Waals surface area contributed by atoms with Crippen LogP contribution in [-0.2, 0) is 20.7 Å². The average Bonchev–Trinajstić information content (AvgIpc) is 2.98. The molecule has 1 aliphatic rings. The number of rotatable bonds is 6. The Morgan fingerprint density at radius 2 is 2.04 bits per heavy atom. The van der Waals surface area contributed by atoms with Gasteiger partial charge in [0.1, 0.15) is 24.1 Å². The summed E-state index contributed by atoms with van der Waals surface area (Å²) in [7, 11) is 0. The van der Waals surface area contributed by atoms with Crippen LogP contribution in [0.2, 0.25) is 0 Å². The Kier molecular flexibility index (Phi) is 6.05. The van der Waals surface area contributed by atoms with Crippen molar-refractivity contribution in [2.45, 2.75) is 37.0 Å². The minimum Gasteiger partial charge on any atom is -0.453 e. The predicted octanol–water partition coefficient (Wildman–Crippen LogP) is -1.44. The van der Waals surface area contributed by atoms with E-state index in [2.05, 4.69) is 4.98 Å². The zero-order valence-electron chi connectivity index (χ0n) is 14.9. The van der Waals surface area contributed by atoms with E-state index in [0.29, 0.717) is 0 Å². The molecule has 28 heavy (non-hydrogen) atoms. The monoisotopic (exact) mass is 390 g/mol. The van der Waals surface area contributed by atoms with Crippen LogP contribution in [0.1, 0.15) is 11.8 Å². The maximum absolute atomic E-state index is 12.5. The number of carbonyl (C=O) groups excluding carboxylic acids is 1. The van der Waals surface area contributed by atoms with Crippen molar-refractivity contribution < 1.29 is 24.5 Å². The maximum Gasteiger partial charge on any atom is 0.351 e. The van der Waals surface area contributed by atoms with Gasteiger partial charge in [-0.1, -0.05) is 30.3 Å². The second kappa shape index (κ2) is 8.48. The van der Waals surface area contributed by atoms with E-state index in [1.807, 2.05) is 30.3 Å². The van der Waals surface area contributed by atoms with Gasteiger partial charge in [-0.3, -0.25) is 9.36 Å². The Hall–Kier alpha value is -2.79. The number of hydrogen-bond acceptors (Lipinski definition) is 9. The van der Waals surface area contributed by atoms with Crippen molar-refractivity contribution in [2.24, 2.45) is 5.73 Å². The van der Waals surface area contributed by atoms with Crippen molar-refractivity contribution >= 4 is 11.8 Å². The fourth-order valence-corrected chi connectivity index (χ4v) is 3.01. The summed E-state index contributed by atoms with van der Waals surface area (Å²) in [6.45, 7) is -0.529. The van der Waals surface area contributed by atoms with E-state index in [-0.39, 0.29) is 12.2 Å². The van der Waals surface area contributed by atoms with Crippen LogP contribution in [0.5, 0.6) is 0 Å². The highest BCUT2D eigenvalue weighted by atomic mass is 16.6.